The molecule has 7 heteroatoms. The molecule has 7 nitrogen and oxygen atoms in total. The van der Waals surface area contributed by atoms with Gasteiger partial charge in [-0.05, 0) is 32.2 Å². The van der Waals surface area contributed by atoms with Crippen molar-refractivity contribution in [1.82, 2.24) is 4.90 Å². The molecule has 124 valence electrons. The van der Waals surface area contributed by atoms with Crippen LogP contribution < -0.4 is 11.2 Å². The average Bonchev–Trinajstić information content (AvgIpc) is 2.92. The van der Waals surface area contributed by atoms with Crippen molar-refractivity contribution in [2.24, 2.45) is 10.8 Å². The fourth-order valence-electron chi connectivity index (χ4n) is 3.16. The summed E-state index contributed by atoms with van der Waals surface area (Å²) in [6, 6.07) is 7.73. The molecule has 0 spiro atoms. The Morgan fingerprint density at radius 1 is 1.50 bits per heavy atom. The number of furan rings is 1. The quantitative estimate of drug-likeness (QED) is 0.456. The molecule has 0 saturated carbocycles. The van der Waals surface area contributed by atoms with Crippen LogP contribution in [-0.4, -0.2) is 30.0 Å². The van der Waals surface area contributed by atoms with Crippen molar-refractivity contribution in [3.8, 4) is 6.07 Å². The highest BCUT2D eigenvalue weighted by atomic mass is 16.3. The molecule has 0 radical (unpaired) electrons. The number of hydrogen-bond acceptors (Lipinski definition) is 6. The number of hydrazone groups is 1. The standard InChI is InChI=1S/C17H20N6O/c1-9-8-23(3)10(2)15-12-6-11(4-5-14(12)24-16(9)15)21-22-13(7-18)17(19)20/h4-6,9-10,21H,8H2,1-3H3,(H3,19,20)/b22-13+. The van der Waals surface area contributed by atoms with Gasteiger partial charge in [0.1, 0.15) is 17.4 Å². The normalized spacial score (nSPS) is 21.3. The highest BCUT2D eigenvalue weighted by Crippen LogP contribution is 2.42. The summed E-state index contributed by atoms with van der Waals surface area (Å²) in [5, 5.41) is 21.1. The van der Waals surface area contributed by atoms with Gasteiger partial charge < -0.3 is 10.2 Å². The maximum absolute atomic E-state index is 8.90. The highest BCUT2D eigenvalue weighted by molar-refractivity contribution is 6.45. The van der Waals surface area contributed by atoms with Crippen LogP contribution in [0.1, 0.15) is 37.1 Å². The maximum atomic E-state index is 8.90. The fraction of sp³-hybridized carbons (Fsp3) is 0.353. The summed E-state index contributed by atoms with van der Waals surface area (Å²) in [6.07, 6.45) is 0. The minimum Gasteiger partial charge on any atom is -0.460 e. The summed E-state index contributed by atoms with van der Waals surface area (Å²) in [6.45, 7) is 5.30. The molecule has 2 atom stereocenters. The van der Waals surface area contributed by atoms with Gasteiger partial charge in [0.15, 0.2) is 5.84 Å². The number of nitrogens with zero attached hydrogens (tertiary/aromatic N) is 3. The Kier molecular flexibility index (Phi) is 3.99. The van der Waals surface area contributed by atoms with Crippen LogP contribution in [0.5, 0.6) is 0 Å². The third-order valence-electron chi connectivity index (χ3n) is 4.50. The van der Waals surface area contributed by atoms with Crippen LogP contribution in [0.2, 0.25) is 0 Å². The Balaban J connectivity index is 2.03. The van der Waals surface area contributed by atoms with Crippen LogP contribution in [0.3, 0.4) is 0 Å². The molecule has 0 amide bonds. The first-order valence-corrected chi connectivity index (χ1v) is 7.77. The van der Waals surface area contributed by atoms with Gasteiger partial charge >= 0.3 is 0 Å². The second-order valence-electron chi connectivity index (χ2n) is 6.21. The van der Waals surface area contributed by atoms with Crippen LogP contribution in [0.4, 0.5) is 5.69 Å². The molecule has 0 aliphatic carbocycles. The largest absolute Gasteiger partial charge is 0.460 e. The molecular formula is C17H20N6O. The molecular weight excluding hydrogens is 304 g/mol. The Morgan fingerprint density at radius 2 is 2.25 bits per heavy atom. The lowest BCUT2D eigenvalue weighted by atomic mass is 9.92. The third kappa shape index (κ3) is 2.61. The third-order valence-corrected chi connectivity index (χ3v) is 4.50. The number of amidine groups is 1. The predicted octanol–water partition coefficient (Wildman–Crippen LogP) is 2.77. The van der Waals surface area contributed by atoms with Crippen molar-refractivity contribution >= 4 is 28.2 Å². The van der Waals surface area contributed by atoms with E-state index < -0.39 is 0 Å². The van der Waals surface area contributed by atoms with E-state index in [9.17, 15) is 0 Å². The van der Waals surface area contributed by atoms with Gasteiger partial charge in [-0.25, -0.2) is 0 Å². The van der Waals surface area contributed by atoms with Crippen LogP contribution >= 0.6 is 0 Å². The van der Waals surface area contributed by atoms with Gasteiger partial charge in [-0.3, -0.25) is 15.7 Å². The molecule has 1 aromatic heterocycles. The lowest BCUT2D eigenvalue weighted by Gasteiger charge is -2.32. The smallest absolute Gasteiger partial charge is 0.201 e. The van der Waals surface area contributed by atoms with Crippen molar-refractivity contribution < 1.29 is 4.42 Å². The van der Waals surface area contributed by atoms with Crippen LogP contribution in [0.25, 0.3) is 11.0 Å². The molecule has 2 unspecified atom stereocenters. The van der Waals surface area contributed by atoms with E-state index >= 15 is 0 Å². The first-order valence-electron chi connectivity index (χ1n) is 7.77. The zero-order valence-corrected chi connectivity index (χ0v) is 13.9. The van der Waals surface area contributed by atoms with Crippen molar-refractivity contribution in [1.29, 1.82) is 10.7 Å². The maximum Gasteiger partial charge on any atom is 0.201 e. The van der Waals surface area contributed by atoms with Crippen molar-refractivity contribution in [2.45, 2.75) is 25.8 Å². The summed E-state index contributed by atoms with van der Waals surface area (Å²) in [5.41, 5.74) is 10.7. The summed E-state index contributed by atoms with van der Waals surface area (Å²) in [7, 11) is 2.11. The molecule has 4 N–H and O–H groups in total. The first kappa shape index (κ1) is 16.0. The number of hydrogen-bond donors (Lipinski definition) is 3. The number of nitrogens with two attached hydrogens (primary N) is 1. The van der Waals surface area contributed by atoms with Crippen LogP contribution in [0, 0.1) is 16.7 Å². The second-order valence-corrected chi connectivity index (χ2v) is 6.21. The Labute approximate surface area is 140 Å². The summed E-state index contributed by atoms with van der Waals surface area (Å²) in [5.74, 6) is 1.01. The molecule has 2 aromatic rings. The van der Waals surface area contributed by atoms with E-state index in [4.69, 9.17) is 20.8 Å². The minimum absolute atomic E-state index is 0.147. The monoisotopic (exact) mass is 324 g/mol. The lowest BCUT2D eigenvalue weighted by Crippen LogP contribution is -2.31. The molecule has 1 aliphatic rings. The Hall–Kier alpha value is -2.85. The van der Waals surface area contributed by atoms with E-state index in [-0.39, 0.29) is 17.6 Å². The lowest BCUT2D eigenvalue weighted by molar-refractivity contribution is 0.215. The second kappa shape index (κ2) is 5.98. The fourth-order valence-corrected chi connectivity index (χ4v) is 3.16. The van der Waals surface area contributed by atoms with Crippen molar-refractivity contribution in [3.05, 3.63) is 29.5 Å². The predicted molar refractivity (Wildman–Crippen MR) is 94.3 cm³/mol. The summed E-state index contributed by atoms with van der Waals surface area (Å²) < 4.78 is 6.06. The van der Waals surface area contributed by atoms with E-state index in [1.54, 1.807) is 6.07 Å². The molecule has 2 heterocycles. The number of nitriles is 1. The Morgan fingerprint density at radius 3 is 2.92 bits per heavy atom. The number of likely N-dealkylation sites (N-methyl/N-ethyl adjacent to an activating group) is 1. The van der Waals surface area contributed by atoms with Gasteiger partial charge in [0.05, 0.1) is 5.69 Å². The van der Waals surface area contributed by atoms with Gasteiger partial charge in [-0.1, -0.05) is 6.92 Å². The van der Waals surface area contributed by atoms with E-state index in [0.717, 1.165) is 23.3 Å². The number of nitrogens with one attached hydrogen (secondary N) is 2. The van der Waals surface area contributed by atoms with Gasteiger partial charge in [-0.15, -0.1) is 0 Å². The summed E-state index contributed by atoms with van der Waals surface area (Å²) >= 11 is 0. The zero-order valence-electron chi connectivity index (χ0n) is 13.9. The van der Waals surface area contributed by atoms with Crippen molar-refractivity contribution in [3.63, 3.8) is 0 Å². The van der Waals surface area contributed by atoms with Gasteiger partial charge in [0.2, 0.25) is 5.71 Å². The molecule has 0 bridgehead atoms. The van der Waals surface area contributed by atoms with Gasteiger partial charge in [0, 0.05) is 29.5 Å². The van der Waals surface area contributed by atoms with Gasteiger partial charge in [0.25, 0.3) is 0 Å². The number of fused-ring (bicyclic) bond motifs is 3. The minimum atomic E-state index is -0.365. The SMILES string of the molecule is CC1CN(C)C(C)c2c1oc1ccc(N/N=C(\C#N)C(=N)N)cc21. The zero-order chi connectivity index (χ0) is 17.4. The molecule has 1 aliphatic heterocycles. The molecule has 1 aromatic carbocycles. The van der Waals surface area contributed by atoms with Crippen molar-refractivity contribution in [2.75, 3.05) is 19.0 Å². The van der Waals surface area contributed by atoms with E-state index in [1.807, 2.05) is 18.2 Å². The molecule has 0 fully saturated rings. The number of benzene rings is 1. The summed E-state index contributed by atoms with van der Waals surface area (Å²) in [4.78, 5) is 2.31. The number of anilines is 1. The molecule has 24 heavy (non-hydrogen) atoms. The van der Waals surface area contributed by atoms with E-state index in [1.165, 1.54) is 5.56 Å². The van der Waals surface area contributed by atoms with Gasteiger partial charge in [-0.2, -0.15) is 10.4 Å². The first-order chi connectivity index (χ1) is 11.4. The van der Waals surface area contributed by atoms with E-state index in [0.29, 0.717) is 11.6 Å². The Bertz CT molecular complexity index is 875. The van der Waals surface area contributed by atoms with E-state index in [2.05, 4.69) is 36.3 Å². The van der Waals surface area contributed by atoms with Crippen LogP contribution in [0.15, 0.2) is 27.7 Å². The molecule has 3 rings (SSSR count). The highest BCUT2D eigenvalue weighted by Gasteiger charge is 2.31. The average molecular weight is 324 g/mol. The molecule has 0 saturated heterocycles. The number of rotatable bonds is 3. The topological polar surface area (TPSA) is 114 Å². The van der Waals surface area contributed by atoms with Crippen LogP contribution in [-0.2, 0) is 0 Å².